The molecule has 82 heavy (non-hydrogen) atoms. The molecule has 3 saturated heterocycles. The van der Waals surface area contributed by atoms with E-state index in [4.69, 9.17) is 5.73 Å². The van der Waals surface area contributed by atoms with Crippen molar-refractivity contribution in [3.63, 3.8) is 0 Å². The molecule has 0 aromatic heterocycles. The summed E-state index contributed by atoms with van der Waals surface area (Å²) in [6.07, 6.45) is -9.77. The number of rotatable bonds is 22. The minimum absolute atomic E-state index is 0. The molecule has 0 aliphatic carbocycles. The molecule has 3 aliphatic heterocycles. The number of aliphatic hydroxyl groups is 8. The predicted octanol–water partition coefficient (Wildman–Crippen LogP) is -10.8. The summed E-state index contributed by atoms with van der Waals surface area (Å²) in [4.78, 5) is 135. The fourth-order valence-corrected chi connectivity index (χ4v) is 10.6. The Bertz CT molecular complexity index is 2360. The van der Waals surface area contributed by atoms with Crippen molar-refractivity contribution in [1.29, 1.82) is 0 Å². The number of carbonyl (C=O) groups is 8. The summed E-state index contributed by atoms with van der Waals surface area (Å²) in [6, 6.07) is -5.98. The molecule has 1 aromatic carbocycles. The van der Waals surface area contributed by atoms with Gasteiger partial charge in [-0.3, -0.25) is 38.4 Å². The summed E-state index contributed by atoms with van der Waals surface area (Å²) in [5, 5.41) is 102. The van der Waals surface area contributed by atoms with Crippen molar-refractivity contribution in [3.05, 3.63) is 29.8 Å². The Hall–Kier alpha value is -3.39. The maximum absolute atomic E-state index is 14.6. The molecule has 2 unspecified atom stereocenters. The number of aliphatic hydroxyl groups excluding tert-OH is 7. The maximum Gasteiger partial charge on any atom is 1.00 e. The van der Waals surface area contributed by atoms with Crippen LogP contribution in [-0.2, 0) is 49.3 Å². The van der Waals surface area contributed by atoms with E-state index in [-0.39, 0.29) is 76.0 Å². The van der Waals surface area contributed by atoms with Crippen LogP contribution < -0.4 is 106 Å². The molecule has 8 amide bonds. The number of carbonyl (C=O) groups excluding carboxylic acids is 8. The van der Waals surface area contributed by atoms with Gasteiger partial charge >= 0.3 is 59.1 Å². The monoisotopic (exact) mass is 1200 g/mol. The van der Waals surface area contributed by atoms with Gasteiger partial charge < -0.3 is 102 Å². The molecular formula is C51H81N8Na2O20P. The van der Waals surface area contributed by atoms with Gasteiger partial charge in [0.1, 0.15) is 56.0 Å². The SMILES string of the molecule is CCC(C)CC(C)CCCCCCCCC(=O)N[C@H]1C[C@@H](O)[C@@H](O)NC(=O)[C@]2(O)[C@@H](O)[C@@H](C)CN2C(=O)[C@H]([C@H](O)CC(N)=O)NC(=O)[C@H]([C@H](O)Cc2ccc(OP(=O)([O-])[O-])cc2)NC(=O)[C@@H]2C[C@@H](O)CN2C(=O)[C@H]([C@@H](C)O)NC1=O.[Na+].[Na+]. The molecule has 0 spiro atoms. The Labute approximate surface area is 520 Å². The van der Waals surface area contributed by atoms with Crippen LogP contribution >= 0.6 is 7.82 Å². The Morgan fingerprint density at radius 3 is 1.96 bits per heavy atom. The molecule has 0 bridgehead atoms. The van der Waals surface area contributed by atoms with Crippen LogP contribution in [0.15, 0.2) is 24.3 Å². The Balaban J connectivity index is 0.0000115. The molecule has 16 atom stereocenters. The first-order valence-electron chi connectivity index (χ1n) is 27.1. The minimum atomic E-state index is -5.52. The van der Waals surface area contributed by atoms with Crippen molar-refractivity contribution < 1.29 is 157 Å². The zero-order chi connectivity index (χ0) is 60.0. The van der Waals surface area contributed by atoms with E-state index in [0.29, 0.717) is 24.7 Å². The third kappa shape index (κ3) is 21.5. The van der Waals surface area contributed by atoms with E-state index >= 15 is 0 Å². The fraction of sp³-hybridized carbons (Fsp3) is 0.725. The molecule has 4 rings (SSSR count). The van der Waals surface area contributed by atoms with Gasteiger partial charge in [-0.15, -0.1) is 0 Å². The summed E-state index contributed by atoms with van der Waals surface area (Å²) in [5.41, 5.74) is 2.00. The molecule has 28 nitrogen and oxygen atoms in total. The standard InChI is InChI=1S/C51H83N8O20P.2Na/c1-6-26(2)19-27(3)13-11-9-7-8-10-12-14-39(66)53-33-22-37(64)46(70)57-50(74)51(75)43(67)28(4)24-59(51)49(73)42(36(63)23-38(52)65)56-47(71)41(35(62)20-30-15-17-32(18-16-30)79-80(76,77)78)55-45(69)34-21-31(61)25-58(34)48(72)40(29(5)60)54-44(33)68;;/h15-18,26-29,31,33-37,40-43,46,60-64,67,70,75H,6-14,19-25H2,1-5H3,(H2,52,65)(H,53,66)(H,54,68)(H,55,69)(H,56,71)(H,57,74)(H2,76,77,78);;/q;2*+1/p-2/t26?,27?,28-,29+,31+,33-,34-,35+,36+,37+,40-,41-,42-,43-,46+,51+;;/m0../s1. The quantitative estimate of drug-likeness (QED) is 0.0291. The van der Waals surface area contributed by atoms with Gasteiger partial charge in [-0.05, 0) is 49.3 Å². The fourth-order valence-electron chi connectivity index (χ4n) is 10.2. The Kier molecular flexibility index (Phi) is 31.1. The molecule has 0 radical (unpaired) electrons. The number of primary amides is 1. The molecular weight excluding hydrogens is 1120 g/mol. The zero-order valence-electron chi connectivity index (χ0n) is 47.7. The van der Waals surface area contributed by atoms with Gasteiger partial charge in [0.25, 0.3) is 11.8 Å². The number of phosphoric acid groups is 1. The number of nitrogens with two attached hydrogens (primary N) is 1. The van der Waals surface area contributed by atoms with E-state index in [9.17, 15) is 93.6 Å². The van der Waals surface area contributed by atoms with Crippen LogP contribution in [0, 0.1) is 17.8 Å². The van der Waals surface area contributed by atoms with E-state index in [2.05, 4.69) is 46.6 Å². The van der Waals surface area contributed by atoms with Crippen molar-refractivity contribution in [2.75, 3.05) is 13.1 Å². The van der Waals surface area contributed by atoms with Gasteiger partial charge in [0.2, 0.25) is 41.2 Å². The van der Waals surface area contributed by atoms with Crippen LogP contribution in [0.2, 0.25) is 0 Å². The molecule has 15 N–H and O–H groups in total. The second-order valence-electron chi connectivity index (χ2n) is 21.7. The first-order chi connectivity index (χ1) is 37.4. The Morgan fingerprint density at radius 1 is 0.793 bits per heavy atom. The third-order valence-corrected chi connectivity index (χ3v) is 15.3. The van der Waals surface area contributed by atoms with Gasteiger partial charge in [-0.2, -0.15) is 0 Å². The molecule has 452 valence electrons. The van der Waals surface area contributed by atoms with E-state index in [1.54, 1.807) is 0 Å². The van der Waals surface area contributed by atoms with Crippen molar-refractivity contribution in [3.8, 4) is 5.75 Å². The van der Waals surface area contributed by atoms with E-state index in [1.807, 2.05) is 5.32 Å². The summed E-state index contributed by atoms with van der Waals surface area (Å²) in [5.74, 6) is -11.0. The van der Waals surface area contributed by atoms with E-state index in [0.717, 1.165) is 81.0 Å². The van der Waals surface area contributed by atoms with Gasteiger partial charge in [-0.25, -0.2) is 0 Å². The van der Waals surface area contributed by atoms with Crippen molar-refractivity contribution in [2.45, 2.75) is 203 Å². The normalized spacial score (nSPS) is 28.9. The van der Waals surface area contributed by atoms with Crippen LogP contribution in [0.1, 0.15) is 124 Å². The third-order valence-electron chi connectivity index (χ3n) is 14.9. The van der Waals surface area contributed by atoms with Gasteiger partial charge in [0.05, 0.1) is 30.8 Å². The molecule has 1 aromatic rings. The average Bonchev–Trinajstić information content (AvgIpc) is 3.88. The summed E-state index contributed by atoms with van der Waals surface area (Å²) in [7, 11) is -5.52. The van der Waals surface area contributed by atoms with Crippen LogP contribution in [0.4, 0.5) is 0 Å². The van der Waals surface area contributed by atoms with Crippen molar-refractivity contribution in [2.24, 2.45) is 23.5 Å². The number of unbranched alkanes of at least 4 members (excludes halogenated alkanes) is 5. The van der Waals surface area contributed by atoms with Crippen molar-refractivity contribution in [1.82, 2.24) is 36.4 Å². The van der Waals surface area contributed by atoms with Gasteiger partial charge in [0, 0.05) is 44.7 Å². The van der Waals surface area contributed by atoms with Crippen molar-refractivity contribution >= 4 is 55.1 Å². The number of phosphoric ester groups is 1. The van der Waals surface area contributed by atoms with Gasteiger partial charge in [0.15, 0.2) is 6.23 Å². The number of benzene rings is 1. The topological polar surface area (TPSA) is 463 Å². The second-order valence-corrected chi connectivity index (χ2v) is 22.8. The first kappa shape index (κ1) is 74.7. The van der Waals surface area contributed by atoms with E-state index < -0.39 is 184 Å². The van der Waals surface area contributed by atoms with Crippen LogP contribution in [-0.4, -0.2) is 190 Å². The van der Waals surface area contributed by atoms with Crippen LogP contribution in [0.5, 0.6) is 5.75 Å². The number of nitrogens with one attached hydrogen (secondary N) is 5. The van der Waals surface area contributed by atoms with Crippen LogP contribution in [0.3, 0.4) is 0 Å². The Morgan fingerprint density at radius 2 is 1.38 bits per heavy atom. The number of hydrogen-bond donors (Lipinski definition) is 14. The number of nitrogens with zero attached hydrogens (tertiary/aromatic N) is 2. The predicted molar refractivity (Wildman–Crippen MR) is 277 cm³/mol. The number of hydrogen-bond acceptors (Lipinski definition) is 20. The molecule has 3 heterocycles. The second kappa shape index (κ2) is 34.1. The summed E-state index contributed by atoms with van der Waals surface area (Å²) in [6.45, 7) is 7.63. The smallest absolute Gasteiger partial charge is 0.780 e. The van der Waals surface area contributed by atoms with Crippen LogP contribution in [0.25, 0.3) is 0 Å². The summed E-state index contributed by atoms with van der Waals surface area (Å²) >= 11 is 0. The first-order valence-corrected chi connectivity index (χ1v) is 28.5. The number of amides is 8. The number of fused-ring (bicyclic) bond motifs is 2. The van der Waals surface area contributed by atoms with Gasteiger partial charge in [-0.1, -0.05) is 84.8 Å². The molecule has 31 heteroatoms. The molecule has 0 saturated carbocycles. The summed E-state index contributed by atoms with van der Waals surface area (Å²) < 4.78 is 15.5. The molecule has 3 aliphatic rings. The zero-order valence-corrected chi connectivity index (χ0v) is 52.6. The average molecular weight is 1200 g/mol. The maximum atomic E-state index is 14.6. The largest absolute Gasteiger partial charge is 1.00 e. The molecule has 3 fully saturated rings. The minimum Gasteiger partial charge on any atom is -0.780 e. The van der Waals surface area contributed by atoms with E-state index in [1.165, 1.54) is 6.92 Å².